The van der Waals surface area contributed by atoms with Crippen LogP contribution in [0.3, 0.4) is 0 Å². The molecule has 1 aromatic carbocycles. The van der Waals surface area contributed by atoms with Crippen LogP contribution in [0.1, 0.15) is 11.1 Å². The topological polar surface area (TPSA) is 59.1 Å². The van der Waals surface area contributed by atoms with E-state index in [9.17, 15) is 36.2 Å². The number of nitrogens with one attached hydrogen (secondary N) is 1. The quantitative estimate of drug-likeness (QED) is 0.597. The molecule has 0 bridgehead atoms. The summed E-state index contributed by atoms with van der Waals surface area (Å²) in [7, 11) is 2.06. The number of rotatable bonds is 5. The SMILES string of the molecule is Cc1c(CN2CC3C(C(=O)O)NC(C(C(F)(F)F)C(F)(F)F)C3C2)cccc1N1CCN(C)CC1. The Kier molecular flexibility index (Phi) is 7.02. The van der Waals surface area contributed by atoms with Crippen LogP contribution in [0.25, 0.3) is 0 Å². The van der Waals surface area contributed by atoms with Gasteiger partial charge in [0.15, 0.2) is 5.92 Å². The molecule has 12 heteroatoms. The number of likely N-dealkylation sites (N-methyl/N-ethyl adjacent to an activating group) is 1. The predicted molar refractivity (Wildman–Crippen MR) is 117 cm³/mol. The van der Waals surface area contributed by atoms with Crippen LogP contribution < -0.4 is 10.2 Å². The maximum Gasteiger partial charge on any atom is 0.402 e. The van der Waals surface area contributed by atoms with Crippen molar-refractivity contribution in [2.75, 3.05) is 51.2 Å². The Balaban J connectivity index is 1.55. The van der Waals surface area contributed by atoms with Crippen LogP contribution in [-0.2, 0) is 11.3 Å². The highest BCUT2D eigenvalue weighted by molar-refractivity contribution is 5.74. The van der Waals surface area contributed by atoms with Crippen molar-refractivity contribution in [1.29, 1.82) is 0 Å². The van der Waals surface area contributed by atoms with E-state index in [2.05, 4.69) is 22.2 Å². The van der Waals surface area contributed by atoms with Gasteiger partial charge in [-0.2, -0.15) is 26.3 Å². The molecule has 0 spiro atoms. The number of carboxylic acid groups (broad SMARTS) is 1. The summed E-state index contributed by atoms with van der Waals surface area (Å²) in [4.78, 5) is 18.0. The number of likely N-dealkylation sites (tertiary alicyclic amines) is 1. The third-order valence-corrected chi connectivity index (χ3v) is 7.74. The van der Waals surface area contributed by atoms with Crippen molar-refractivity contribution in [3.8, 4) is 0 Å². The van der Waals surface area contributed by atoms with Crippen LogP contribution in [0.15, 0.2) is 18.2 Å². The minimum atomic E-state index is -5.53. The van der Waals surface area contributed by atoms with Crippen LogP contribution in [0.5, 0.6) is 0 Å². The molecule has 2 N–H and O–H groups in total. The van der Waals surface area contributed by atoms with Crippen LogP contribution in [0.4, 0.5) is 32.0 Å². The molecule has 6 nitrogen and oxygen atoms in total. The van der Waals surface area contributed by atoms with Gasteiger partial charge in [-0.15, -0.1) is 0 Å². The first-order valence-electron chi connectivity index (χ1n) is 11.6. The van der Waals surface area contributed by atoms with Gasteiger partial charge in [-0.05, 0) is 37.1 Å². The second-order valence-corrected chi connectivity index (χ2v) is 9.94. The van der Waals surface area contributed by atoms with E-state index in [0.717, 1.165) is 43.0 Å². The largest absolute Gasteiger partial charge is 0.480 e. The van der Waals surface area contributed by atoms with E-state index >= 15 is 0 Å². The van der Waals surface area contributed by atoms with E-state index in [1.807, 2.05) is 25.1 Å². The van der Waals surface area contributed by atoms with Crippen molar-refractivity contribution in [2.45, 2.75) is 37.9 Å². The van der Waals surface area contributed by atoms with Crippen molar-refractivity contribution < 1.29 is 36.2 Å². The number of benzene rings is 1. The number of alkyl halides is 6. The zero-order valence-electron chi connectivity index (χ0n) is 19.5. The molecule has 4 unspecified atom stereocenters. The van der Waals surface area contributed by atoms with Gasteiger partial charge in [0.2, 0.25) is 0 Å². The van der Waals surface area contributed by atoms with E-state index < -0.39 is 48.2 Å². The molecule has 0 aromatic heterocycles. The number of anilines is 1. The molecular weight excluding hydrogens is 478 g/mol. The predicted octanol–water partition coefficient (Wildman–Crippen LogP) is 2.96. The monoisotopic (exact) mass is 508 g/mol. The molecule has 3 aliphatic rings. The summed E-state index contributed by atoms with van der Waals surface area (Å²) < 4.78 is 80.8. The van der Waals surface area contributed by atoms with Gasteiger partial charge in [0.1, 0.15) is 6.04 Å². The Hall–Kier alpha value is -2.05. The lowest BCUT2D eigenvalue weighted by molar-refractivity contribution is -0.293. The van der Waals surface area contributed by atoms with E-state index in [1.54, 1.807) is 4.90 Å². The molecule has 35 heavy (non-hydrogen) atoms. The zero-order chi connectivity index (χ0) is 25.7. The van der Waals surface area contributed by atoms with Gasteiger partial charge >= 0.3 is 18.3 Å². The number of fused-ring (bicyclic) bond motifs is 1. The van der Waals surface area contributed by atoms with Gasteiger partial charge in [0, 0.05) is 63.5 Å². The highest BCUT2D eigenvalue weighted by atomic mass is 19.4. The van der Waals surface area contributed by atoms with Gasteiger partial charge in [-0.25, -0.2) is 0 Å². The maximum absolute atomic E-state index is 13.5. The Bertz CT molecular complexity index is 918. The molecule has 3 fully saturated rings. The molecule has 4 atom stereocenters. The highest BCUT2D eigenvalue weighted by Gasteiger charge is 2.66. The number of piperazine rings is 1. The van der Waals surface area contributed by atoms with Crippen molar-refractivity contribution in [3.05, 3.63) is 29.3 Å². The van der Waals surface area contributed by atoms with Gasteiger partial charge in [0.25, 0.3) is 0 Å². The second kappa shape index (κ2) is 9.44. The Morgan fingerprint density at radius 1 is 1.06 bits per heavy atom. The number of carbonyl (C=O) groups is 1. The number of hydrogen-bond acceptors (Lipinski definition) is 5. The first-order valence-corrected chi connectivity index (χ1v) is 11.6. The molecular formula is C23H30F6N4O2. The average molecular weight is 509 g/mol. The number of hydrogen-bond donors (Lipinski definition) is 2. The highest BCUT2D eigenvalue weighted by Crippen LogP contribution is 2.48. The summed E-state index contributed by atoms with van der Waals surface area (Å²) in [6.07, 6.45) is -11.1. The number of nitrogens with zero attached hydrogens (tertiary/aromatic N) is 3. The van der Waals surface area contributed by atoms with Crippen molar-refractivity contribution in [3.63, 3.8) is 0 Å². The summed E-state index contributed by atoms with van der Waals surface area (Å²) in [5.41, 5.74) is 3.01. The molecule has 196 valence electrons. The van der Waals surface area contributed by atoms with E-state index in [1.165, 1.54) is 0 Å². The van der Waals surface area contributed by atoms with E-state index in [0.29, 0.717) is 6.54 Å². The lowest BCUT2D eigenvalue weighted by Gasteiger charge is -2.35. The summed E-state index contributed by atoms with van der Waals surface area (Å²) in [5.74, 6) is -6.97. The van der Waals surface area contributed by atoms with Crippen molar-refractivity contribution >= 4 is 11.7 Å². The smallest absolute Gasteiger partial charge is 0.402 e. The summed E-state index contributed by atoms with van der Waals surface area (Å²) in [6, 6.07) is 2.33. The van der Waals surface area contributed by atoms with Crippen LogP contribution in [0, 0.1) is 24.7 Å². The van der Waals surface area contributed by atoms with Crippen LogP contribution >= 0.6 is 0 Å². The van der Waals surface area contributed by atoms with E-state index in [4.69, 9.17) is 0 Å². The Morgan fingerprint density at radius 2 is 1.66 bits per heavy atom. The van der Waals surface area contributed by atoms with Crippen LogP contribution in [-0.4, -0.2) is 91.6 Å². The third kappa shape index (κ3) is 5.24. The number of halogens is 6. The molecule has 3 heterocycles. The molecule has 0 radical (unpaired) electrons. The second-order valence-electron chi connectivity index (χ2n) is 9.94. The minimum Gasteiger partial charge on any atom is -0.480 e. The fourth-order valence-electron chi connectivity index (χ4n) is 5.92. The molecule has 3 saturated heterocycles. The summed E-state index contributed by atoms with van der Waals surface area (Å²) in [5, 5.41) is 11.7. The Labute approximate surface area is 199 Å². The molecule has 0 aliphatic carbocycles. The first-order chi connectivity index (χ1) is 16.3. The van der Waals surface area contributed by atoms with Crippen molar-refractivity contribution in [1.82, 2.24) is 15.1 Å². The molecule has 0 amide bonds. The maximum atomic E-state index is 13.5. The molecule has 1 aromatic rings. The average Bonchev–Trinajstić information content (AvgIpc) is 3.28. The number of carboxylic acids is 1. The lowest BCUT2D eigenvalue weighted by Crippen LogP contribution is -2.53. The zero-order valence-corrected chi connectivity index (χ0v) is 19.5. The fraction of sp³-hybridized carbons (Fsp3) is 0.696. The summed E-state index contributed by atoms with van der Waals surface area (Å²) in [6.45, 7) is 5.94. The Morgan fingerprint density at radius 3 is 2.23 bits per heavy atom. The fourth-order valence-corrected chi connectivity index (χ4v) is 5.92. The van der Waals surface area contributed by atoms with Gasteiger partial charge in [-0.3, -0.25) is 9.69 Å². The van der Waals surface area contributed by atoms with Gasteiger partial charge in [-0.1, -0.05) is 12.1 Å². The summed E-state index contributed by atoms with van der Waals surface area (Å²) >= 11 is 0. The number of aliphatic carboxylic acids is 1. The van der Waals surface area contributed by atoms with Gasteiger partial charge in [0.05, 0.1) is 0 Å². The van der Waals surface area contributed by atoms with E-state index in [-0.39, 0.29) is 13.1 Å². The molecule has 4 rings (SSSR count). The van der Waals surface area contributed by atoms with Crippen molar-refractivity contribution in [2.24, 2.45) is 17.8 Å². The lowest BCUT2D eigenvalue weighted by atomic mass is 9.84. The van der Waals surface area contributed by atoms with Crippen LogP contribution in [0.2, 0.25) is 0 Å². The molecule has 3 aliphatic heterocycles. The molecule has 0 saturated carbocycles. The van der Waals surface area contributed by atoms with Gasteiger partial charge < -0.3 is 20.2 Å². The third-order valence-electron chi connectivity index (χ3n) is 7.74. The minimum absolute atomic E-state index is 0.0348. The first kappa shape index (κ1) is 26.0. The normalized spacial score (nSPS) is 28.7. The standard InChI is InChI=1S/C23H30F6N4O2/c1-13-14(4-3-5-17(13)33-8-6-31(2)7-9-33)10-32-11-15-16(12-32)19(21(34)35)30-18(15)20(22(24,25)26)23(27,28)29/h3-5,15-16,18-20,30H,6-12H2,1-2H3,(H,34,35).